The molecule has 1 aromatic carbocycles. The number of nitrogens with zero attached hydrogens (tertiary/aromatic N) is 2. The molecule has 0 saturated carbocycles. The summed E-state index contributed by atoms with van der Waals surface area (Å²) in [5.41, 5.74) is 3.70. The molecule has 0 fully saturated rings. The van der Waals surface area contributed by atoms with Crippen LogP contribution in [0.25, 0.3) is 0 Å². The molecule has 110 valence electrons. The van der Waals surface area contributed by atoms with E-state index in [1.807, 2.05) is 45.0 Å². The second kappa shape index (κ2) is 7.04. The summed E-state index contributed by atoms with van der Waals surface area (Å²) < 4.78 is 1.03. The molecule has 0 radical (unpaired) electrons. The van der Waals surface area contributed by atoms with E-state index in [9.17, 15) is 4.79 Å². The van der Waals surface area contributed by atoms with Gasteiger partial charge in [-0.3, -0.25) is 4.79 Å². The highest BCUT2D eigenvalue weighted by Crippen LogP contribution is 2.20. The molecular formula is C15H16BrN3OS. The van der Waals surface area contributed by atoms with E-state index in [0.717, 1.165) is 27.1 Å². The zero-order valence-electron chi connectivity index (χ0n) is 12.1. The number of halogens is 1. The molecule has 0 saturated heterocycles. The first kappa shape index (κ1) is 16.0. The predicted molar refractivity (Wildman–Crippen MR) is 89.7 cm³/mol. The van der Waals surface area contributed by atoms with Crippen LogP contribution in [0.3, 0.4) is 0 Å². The van der Waals surface area contributed by atoms with Crippen molar-refractivity contribution in [2.24, 2.45) is 0 Å². The van der Waals surface area contributed by atoms with Gasteiger partial charge in [0, 0.05) is 21.5 Å². The molecule has 0 bridgehead atoms. The molecule has 1 N–H and O–H groups in total. The van der Waals surface area contributed by atoms with Crippen LogP contribution in [0, 0.1) is 20.8 Å². The summed E-state index contributed by atoms with van der Waals surface area (Å²) in [6, 6.07) is 7.63. The number of aryl methyl sites for hydroxylation is 3. The van der Waals surface area contributed by atoms with Gasteiger partial charge >= 0.3 is 0 Å². The molecule has 1 heterocycles. The quantitative estimate of drug-likeness (QED) is 0.659. The third-order valence-corrected chi connectivity index (χ3v) is 4.47. The van der Waals surface area contributed by atoms with Crippen molar-refractivity contribution in [1.29, 1.82) is 0 Å². The molecule has 0 unspecified atom stereocenters. The predicted octanol–water partition coefficient (Wildman–Crippen LogP) is 3.90. The summed E-state index contributed by atoms with van der Waals surface area (Å²) in [6.07, 6.45) is 0. The van der Waals surface area contributed by atoms with Crippen LogP contribution < -0.4 is 5.32 Å². The van der Waals surface area contributed by atoms with Crippen molar-refractivity contribution in [2.45, 2.75) is 25.9 Å². The summed E-state index contributed by atoms with van der Waals surface area (Å²) in [7, 11) is 0. The molecule has 0 spiro atoms. The third-order valence-electron chi connectivity index (χ3n) is 2.74. The van der Waals surface area contributed by atoms with Crippen LogP contribution in [0.15, 0.2) is 33.9 Å². The van der Waals surface area contributed by atoms with E-state index in [4.69, 9.17) is 0 Å². The standard InChI is InChI=1S/C15H16BrN3OS/c1-9-6-12(4-5-13(9)16)19-14(20)8-21-15-17-10(2)7-11(3)18-15/h4-7H,8H2,1-3H3,(H,19,20). The van der Waals surface area contributed by atoms with Crippen molar-refractivity contribution in [2.75, 3.05) is 11.1 Å². The molecule has 1 amide bonds. The molecule has 0 aliphatic carbocycles. The Bertz CT molecular complexity index is 656. The Hall–Kier alpha value is -1.40. The highest BCUT2D eigenvalue weighted by atomic mass is 79.9. The number of carbonyl (C=O) groups excluding carboxylic acids is 1. The smallest absolute Gasteiger partial charge is 0.234 e. The number of carbonyl (C=O) groups is 1. The fraction of sp³-hybridized carbons (Fsp3) is 0.267. The lowest BCUT2D eigenvalue weighted by Gasteiger charge is -2.07. The molecule has 0 aliphatic rings. The van der Waals surface area contributed by atoms with Gasteiger partial charge in [-0.25, -0.2) is 9.97 Å². The number of hydrogen-bond acceptors (Lipinski definition) is 4. The molecule has 2 rings (SSSR count). The van der Waals surface area contributed by atoms with E-state index in [-0.39, 0.29) is 11.7 Å². The lowest BCUT2D eigenvalue weighted by Crippen LogP contribution is -2.14. The Morgan fingerprint density at radius 1 is 1.19 bits per heavy atom. The van der Waals surface area contributed by atoms with E-state index < -0.39 is 0 Å². The Labute approximate surface area is 136 Å². The number of amides is 1. The summed E-state index contributed by atoms with van der Waals surface area (Å²) in [5.74, 6) is 0.224. The normalized spacial score (nSPS) is 10.5. The number of thioether (sulfide) groups is 1. The van der Waals surface area contributed by atoms with Crippen LogP contribution in [-0.2, 0) is 4.79 Å². The molecular weight excluding hydrogens is 350 g/mol. The Balaban J connectivity index is 1.94. The number of aromatic nitrogens is 2. The summed E-state index contributed by atoms with van der Waals surface area (Å²) >= 11 is 4.78. The largest absolute Gasteiger partial charge is 0.325 e. The van der Waals surface area contributed by atoms with E-state index >= 15 is 0 Å². The van der Waals surface area contributed by atoms with Gasteiger partial charge in [-0.15, -0.1) is 0 Å². The Morgan fingerprint density at radius 2 is 1.86 bits per heavy atom. The summed E-state index contributed by atoms with van der Waals surface area (Å²) in [6.45, 7) is 5.82. The maximum atomic E-state index is 12.0. The third kappa shape index (κ3) is 4.82. The van der Waals surface area contributed by atoms with Gasteiger partial charge in [-0.1, -0.05) is 27.7 Å². The van der Waals surface area contributed by atoms with Crippen LogP contribution in [0.4, 0.5) is 5.69 Å². The number of hydrogen-bond donors (Lipinski definition) is 1. The van der Waals surface area contributed by atoms with Gasteiger partial charge in [-0.2, -0.15) is 0 Å². The van der Waals surface area contributed by atoms with Crippen molar-refractivity contribution in [3.63, 3.8) is 0 Å². The second-order valence-corrected chi connectivity index (χ2v) is 6.53. The molecule has 6 heteroatoms. The van der Waals surface area contributed by atoms with Crippen molar-refractivity contribution >= 4 is 39.3 Å². The first-order chi connectivity index (χ1) is 9.94. The number of anilines is 1. The summed E-state index contributed by atoms with van der Waals surface area (Å²) in [5, 5.41) is 3.51. The summed E-state index contributed by atoms with van der Waals surface area (Å²) in [4.78, 5) is 20.6. The zero-order chi connectivity index (χ0) is 15.4. The lowest BCUT2D eigenvalue weighted by atomic mass is 10.2. The molecule has 2 aromatic rings. The van der Waals surface area contributed by atoms with Gasteiger partial charge in [0.1, 0.15) is 0 Å². The maximum Gasteiger partial charge on any atom is 0.234 e. The van der Waals surface area contributed by atoms with E-state index in [1.54, 1.807) is 0 Å². The minimum Gasteiger partial charge on any atom is -0.325 e. The van der Waals surface area contributed by atoms with Gasteiger partial charge in [0.25, 0.3) is 0 Å². The average molecular weight is 366 g/mol. The maximum absolute atomic E-state index is 12.0. The number of nitrogens with one attached hydrogen (secondary N) is 1. The van der Waals surface area contributed by atoms with Crippen molar-refractivity contribution in [3.05, 3.63) is 45.7 Å². The topological polar surface area (TPSA) is 54.9 Å². The van der Waals surface area contributed by atoms with Crippen LogP contribution in [0.5, 0.6) is 0 Å². The highest BCUT2D eigenvalue weighted by Gasteiger charge is 2.07. The number of benzene rings is 1. The van der Waals surface area contributed by atoms with E-state index in [2.05, 4.69) is 31.2 Å². The Kier molecular flexibility index (Phi) is 5.36. The minimum absolute atomic E-state index is 0.0653. The van der Waals surface area contributed by atoms with E-state index in [0.29, 0.717) is 5.16 Å². The van der Waals surface area contributed by atoms with Gasteiger partial charge in [0.05, 0.1) is 5.75 Å². The SMILES string of the molecule is Cc1cc(C)nc(SCC(=O)Nc2ccc(Br)c(C)c2)n1. The monoisotopic (exact) mass is 365 g/mol. The van der Waals surface area contributed by atoms with Crippen LogP contribution in [0.2, 0.25) is 0 Å². The molecule has 1 aromatic heterocycles. The first-order valence-corrected chi connectivity index (χ1v) is 8.23. The van der Waals surface area contributed by atoms with Gasteiger partial charge in [-0.05, 0) is 50.6 Å². The molecule has 21 heavy (non-hydrogen) atoms. The van der Waals surface area contributed by atoms with Crippen molar-refractivity contribution < 1.29 is 4.79 Å². The fourth-order valence-corrected chi connectivity index (χ4v) is 2.80. The number of rotatable bonds is 4. The fourth-order valence-electron chi connectivity index (χ4n) is 1.81. The van der Waals surface area contributed by atoms with Gasteiger partial charge in [0.15, 0.2) is 5.16 Å². The zero-order valence-corrected chi connectivity index (χ0v) is 14.5. The highest BCUT2D eigenvalue weighted by molar-refractivity contribution is 9.10. The van der Waals surface area contributed by atoms with Crippen LogP contribution in [0.1, 0.15) is 17.0 Å². The first-order valence-electron chi connectivity index (χ1n) is 6.45. The Morgan fingerprint density at radius 3 is 2.48 bits per heavy atom. The van der Waals surface area contributed by atoms with Crippen LogP contribution >= 0.6 is 27.7 Å². The average Bonchev–Trinajstić information content (AvgIpc) is 2.40. The lowest BCUT2D eigenvalue weighted by molar-refractivity contribution is -0.113. The molecule has 4 nitrogen and oxygen atoms in total. The molecule has 0 aliphatic heterocycles. The van der Waals surface area contributed by atoms with E-state index in [1.165, 1.54) is 11.8 Å². The molecule has 0 atom stereocenters. The van der Waals surface area contributed by atoms with Crippen molar-refractivity contribution in [1.82, 2.24) is 9.97 Å². The van der Waals surface area contributed by atoms with Crippen molar-refractivity contribution in [3.8, 4) is 0 Å². The van der Waals surface area contributed by atoms with Gasteiger partial charge in [0.2, 0.25) is 5.91 Å². The van der Waals surface area contributed by atoms with Crippen LogP contribution in [-0.4, -0.2) is 21.6 Å². The second-order valence-electron chi connectivity index (χ2n) is 4.73. The van der Waals surface area contributed by atoms with Gasteiger partial charge < -0.3 is 5.32 Å². The minimum atomic E-state index is -0.0653.